The van der Waals surface area contributed by atoms with Crippen molar-refractivity contribution in [2.75, 3.05) is 0 Å². The highest BCUT2D eigenvalue weighted by Crippen LogP contribution is 2.46. The highest BCUT2D eigenvalue weighted by Gasteiger charge is 2.31. The first-order valence-corrected chi connectivity index (χ1v) is 11.7. The fourth-order valence-electron chi connectivity index (χ4n) is 3.55. The van der Waals surface area contributed by atoms with Gasteiger partial charge in [-0.05, 0) is 24.3 Å². The van der Waals surface area contributed by atoms with Gasteiger partial charge in [0.05, 0.1) is 12.6 Å². The van der Waals surface area contributed by atoms with E-state index in [1.807, 2.05) is 91.0 Å². The molecular weight excluding hydrogens is 430 g/mol. The molecule has 0 aliphatic heterocycles. The van der Waals surface area contributed by atoms with Crippen molar-refractivity contribution in [2.24, 2.45) is 4.74 Å². The summed E-state index contributed by atoms with van der Waals surface area (Å²) in [5.41, 5.74) is -0.686. The Kier molecular flexibility index (Phi) is 6.11. The standard InChI is InChI=1S/C26H19F3NOP/c27-26(28,29)21-18-16-20(17-19-21)25(31)30-32(22-10-4-1-5-11-22,23-12-6-2-7-13-23)24-14-8-3-9-15-24/h1-19H. The maximum absolute atomic E-state index is 13.3. The third-order valence-electron chi connectivity index (χ3n) is 5.09. The molecule has 1 amide bonds. The van der Waals surface area contributed by atoms with Crippen LogP contribution in [0.25, 0.3) is 0 Å². The van der Waals surface area contributed by atoms with Crippen LogP contribution < -0.4 is 15.9 Å². The molecule has 0 radical (unpaired) electrons. The second-order valence-electron chi connectivity index (χ2n) is 7.12. The summed E-state index contributed by atoms with van der Waals surface area (Å²) in [5.74, 6) is -0.552. The maximum atomic E-state index is 13.3. The van der Waals surface area contributed by atoms with E-state index in [-0.39, 0.29) is 5.56 Å². The van der Waals surface area contributed by atoms with E-state index in [1.54, 1.807) is 0 Å². The molecule has 0 spiro atoms. The molecule has 0 aromatic heterocycles. The molecule has 2 nitrogen and oxygen atoms in total. The minimum atomic E-state index is -4.46. The topological polar surface area (TPSA) is 29.4 Å². The molecule has 0 N–H and O–H groups in total. The van der Waals surface area contributed by atoms with Crippen LogP contribution in [0.1, 0.15) is 15.9 Å². The summed E-state index contributed by atoms with van der Waals surface area (Å²) >= 11 is 0. The summed E-state index contributed by atoms with van der Waals surface area (Å²) in [7, 11) is -2.77. The lowest BCUT2D eigenvalue weighted by molar-refractivity contribution is -0.137. The molecule has 4 aromatic rings. The molecule has 0 saturated heterocycles. The summed E-state index contributed by atoms with van der Waals surface area (Å²) in [6.45, 7) is 0. The predicted octanol–water partition coefficient (Wildman–Crippen LogP) is 6.02. The van der Waals surface area contributed by atoms with Crippen LogP contribution in [0.5, 0.6) is 0 Å². The molecular formula is C26H19F3NOP. The van der Waals surface area contributed by atoms with Crippen molar-refractivity contribution in [3.05, 3.63) is 126 Å². The summed E-state index contributed by atoms with van der Waals surface area (Å²) < 4.78 is 43.6. The normalized spacial score (nSPS) is 11.7. The lowest BCUT2D eigenvalue weighted by Crippen LogP contribution is -2.26. The zero-order chi connectivity index (χ0) is 22.6. The fraction of sp³-hybridized carbons (Fsp3) is 0.0385. The number of hydrogen-bond acceptors (Lipinski definition) is 1. The van der Waals surface area contributed by atoms with Crippen LogP contribution in [0.2, 0.25) is 0 Å². The van der Waals surface area contributed by atoms with Gasteiger partial charge >= 0.3 is 6.18 Å². The second kappa shape index (κ2) is 8.97. The number of nitrogens with zero attached hydrogens (tertiary/aromatic N) is 1. The third kappa shape index (κ3) is 4.30. The molecule has 6 heteroatoms. The van der Waals surface area contributed by atoms with Crippen molar-refractivity contribution in [3.8, 4) is 0 Å². The lowest BCUT2D eigenvalue weighted by Gasteiger charge is -2.26. The van der Waals surface area contributed by atoms with Crippen molar-refractivity contribution >= 4 is 28.9 Å². The van der Waals surface area contributed by atoms with Gasteiger partial charge in [-0.25, -0.2) is 4.74 Å². The van der Waals surface area contributed by atoms with Crippen LogP contribution in [0.3, 0.4) is 0 Å². The quantitative estimate of drug-likeness (QED) is 0.350. The molecule has 0 aliphatic rings. The van der Waals surface area contributed by atoms with Crippen LogP contribution in [-0.4, -0.2) is 5.91 Å². The summed E-state index contributed by atoms with van der Waals surface area (Å²) in [6.07, 6.45) is -4.46. The molecule has 0 aliphatic carbocycles. The minimum absolute atomic E-state index is 0.116. The van der Waals surface area contributed by atoms with Gasteiger partial charge in [0.1, 0.15) is 0 Å². The van der Waals surface area contributed by atoms with Crippen LogP contribution in [0.15, 0.2) is 120 Å². The Morgan fingerprint density at radius 1 is 0.594 bits per heavy atom. The van der Waals surface area contributed by atoms with Crippen molar-refractivity contribution < 1.29 is 18.0 Å². The first-order chi connectivity index (χ1) is 15.4. The van der Waals surface area contributed by atoms with E-state index in [2.05, 4.69) is 0 Å². The number of carbonyl (C=O) groups excluding carboxylic acids is 1. The van der Waals surface area contributed by atoms with E-state index in [1.165, 1.54) is 12.1 Å². The Hall–Kier alpha value is -3.43. The fourth-order valence-corrected chi connectivity index (χ4v) is 6.99. The number of alkyl halides is 3. The van der Waals surface area contributed by atoms with Crippen molar-refractivity contribution in [3.63, 3.8) is 0 Å². The summed E-state index contributed by atoms with van der Waals surface area (Å²) in [6, 6.07) is 32.9. The molecule has 0 saturated carbocycles. The molecule has 0 unspecified atom stereocenters. The number of rotatable bonds is 4. The van der Waals surface area contributed by atoms with Gasteiger partial charge in [0, 0.05) is 21.5 Å². The smallest absolute Gasteiger partial charge is 0.267 e. The average molecular weight is 449 g/mol. The van der Waals surface area contributed by atoms with Crippen LogP contribution >= 0.6 is 7.05 Å². The van der Waals surface area contributed by atoms with Gasteiger partial charge in [0.15, 0.2) is 0 Å². The number of hydrogen-bond donors (Lipinski definition) is 0. The molecule has 4 aromatic carbocycles. The Labute approximate surface area is 184 Å². The Bertz CT molecular complexity index is 1150. The average Bonchev–Trinajstić information content (AvgIpc) is 2.83. The predicted molar refractivity (Wildman–Crippen MR) is 123 cm³/mol. The SMILES string of the molecule is O=C(N=P(c1ccccc1)(c1ccccc1)c1ccccc1)c1ccc(C(F)(F)F)cc1. The minimum Gasteiger partial charge on any atom is -0.267 e. The monoisotopic (exact) mass is 449 g/mol. The van der Waals surface area contributed by atoms with E-state index >= 15 is 0 Å². The number of carbonyl (C=O) groups is 1. The molecule has 32 heavy (non-hydrogen) atoms. The number of benzene rings is 4. The first-order valence-electron chi connectivity index (χ1n) is 9.92. The zero-order valence-corrected chi connectivity index (χ0v) is 17.8. The van der Waals surface area contributed by atoms with Crippen molar-refractivity contribution in [2.45, 2.75) is 6.18 Å². The highest BCUT2D eigenvalue weighted by atomic mass is 31.2. The molecule has 160 valence electrons. The lowest BCUT2D eigenvalue weighted by atomic mass is 10.1. The molecule has 0 heterocycles. The van der Waals surface area contributed by atoms with Gasteiger partial charge in [-0.15, -0.1) is 0 Å². The Balaban J connectivity index is 1.97. The third-order valence-corrected chi connectivity index (χ3v) is 8.71. The maximum Gasteiger partial charge on any atom is 0.416 e. The van der Waals surface area contributed by atoms with E-state index < -0.39 is 24.7 Å². The highest BCUT2D eigenvalue weighted by molar-refractivity contribution is 7.87. The molecule has 0 atom stereocenters. The zero-order valence-electron chi connectivity index (χ0n) is 16.9. The van der Waals surface area contributed by atoms with Gasteiger partial charge < -0.3 is 0 Å². The summed E-state index contributed by atoms with van der Waals surface area (Å²) in [5, 5.41) is 2.66. The van der Waals surface area contributed by atoms with Crippen LogP contribution in [0.4, 0.5) is 13.2 Å². The van der Waals surface area contributed by atoms with Crippen molar-refractivity contribution in [1.29, 1.82) is 0 Å². The van der Waals surface area contributed by atoms with E-state index in [0.29, 0.717) is 0 Å². The van der Waals surface area contributed by atoms with Crippen LogP contribution in [-0.2, 0) is 6.18 Å². The largest absolute Gasteiger partial charge is 0.416 e. The molecule has 4 rings (SSSR count). The molecule has 0 fully saturated rings. The van der Waals surface area contributed by atoms with Gasteiger partial charge in [-0.2, -0.15) is 13.2 Å². The number of halogens is 3. The van der Waals surface area contributed by atoms with Gasteiger partial charge in [0.2, 0.25) is 0 Å². The van der Waals surface area contributed by atoms with Gasteiger partial charge in [0.25, 0.3) is 5.91 Å². The Morgan fingerprint density at radius 3 is 1.31 bits per heavy atom. The number of amides is 1. The van der Waals surface area contributed by atoms with E-state index in [4.69, 9.17) is 4.74 Å². The molecule has 0 bridgehead atoms. The second-order valence-corrected chi connectivity index (χ2v) is 10.1. The van der Waals surface area contributed by atoms with Gasteiger partial charge in [-0.1, -0.05) is 91.0 Å². The Morgan fingerprint density at radius 2 is 0.969 bits per heavy atom. The van der Waals surface area contributed by atoms with Gasteiger partial charge in [-0.3, -0.25) is 4.79 Å². The summed E-state index contributed by atoms with van der Waals surface area (Å²) in [4.78, 5) is 13.3. The first kappa shape index (κ1) is 21.8. The van der Waals surface area contributed by atoms with E-state index in [9.17, 15) is 18.0 Å². The van der Waals surface area contributed by atoms with E-state index in [0.717, 1.165) is 28.0 Å². The van der Waals surface area contributed by atoms with Crippen molar-refractivity contribution in [1.82, 2.24) is 0 Å². The van der Waals surface area contributed by atoms with Crippen LogP contribution in [0, 0.1) is 0 Å².